The fraction of sp³-hybridized carbons (Fsp3) is 0.333. The Morgan fingerprint density at radius 3 is 3.00 bits per heavy atom. The molecule has 0 fully saturated rings. The average Bonchev–Trinajstić information content (AvgIpc) is 2.44. The van der Waals surface area contributed by atoms with E-state index < -0.39 is 5.60 Å². The zero-order valence-corrected chi connectivity index (χ0v) is 12.4. The van der Waals surface area contributed by atoms with Crippen molar-refractivity contribution in [3.05, 3.63) is 42.1 Å². The third-order valence-electron chi connectivity index (χ3n) is 2.95. The molecule has 2 rings (SSSR count). The van der Waals surface area contributed by atoms with Gasteiger partial charge in [-0.25, -0.2) is 0 Å². The van der Waals surface area contributed by atoms with Crippen molar-refractivity contribution in [2.24, 2.45) is 0 Å². The summed E-state index contributed by atoms with van der Waals surface area (Å²) in [5.74, 6) is 0.395. The molecule has 106 valence electrons. The summed E-state index contributed by atoms with van der Waals surface area (Å²) in [6.07, 6.45) is 3.65. The second kappa shape index (κ2) is 6.24. The molecule has 0 radical (unpaired) electrons. The van der Waals surface area contributed by atoms with Gasteiger partial charge in [-0.05, 0) is 37.4 Å². The van der Waals surface area contributed by atoms with Crippen molar-refractivity contribution in [2.45, 2.75) is 12.5 Å². The lowest BCUT2D eigenvalue weighted by molar-refractivity contribution is 0.0725. The van der Waals surface area contributed by atoms with Crippen LogP contribution in [0.5, 0.6) is 0 Å². The van der Waals surface area contributed by atoms with Crippen LogP contribution in [-0.4, -0.2) is 40.2 Å². The van der Waals surface area contributed by atoms with Crippen LogP contribution in [0.25, 0.3) is 10.9 Å². The number of carbonyl (C=O) groups is 1. The lowest BCUT2D eigenvalue weighted by atomic mass is 10.1. The lowest BCUT2D eigenvalue weighted by Gasteiger charge is -2.22. The van der Waals surface area contributed by atoms with Gasteiger partial charge < -0.3 is 10.4 Å². The molecule has 4 nitrogen and oxygen atoms in total. The molecule has 0 bridgehead atoms. The summed E-state index contributed by atoms with van der Waals surface area (Å²) in [4.78, 5) is 16.3. The predicted molar refractivity (Wildman–Crippen MR) is 83.1 cm³/mol. The van der Waals surface area contributed by atoms with Gasteiger partial charge in [-0.3, -0.25) is 9.78 Å². The highest BCUT2D eigenvalue weighted by Crippen LogP contribution is 2.14. The van der Waals surface area contributed by atoms with Gasteiger partial charge in [-0.15, -0.1) is 0 Å². The number of rotatable bonds is 5. The second-order valence-electron chi connectivity index (χ2n) is 5.02. The number of aliphatic hydroxyl groups is 1. The fourth-order valence-electron chi connectivity index (χ4n) is 1.95. The molecule has 1 unspecified atom stereocenters. The standard InChI is InChI=1S/C15H18N2O2S/c1-15(19,10-20-2)9-17-14(18)12-5-6-13-11(8-12)4-3-7-16-13/h3-8,19H,9-10H2,1-2H3,(H,17,18). The topological polar surface area (TPSA) is 62.2 Å². The summed E-state index contributed by atoms with van der Waals surface area (Å²) in [5, 5.41) is 13.7. The molecule has 0 aliphatic carbocycles. The van der Waals surface area contributed by atoms with Gasteiger partial charge in [0.15, 0.2) is 0 Å². The number of amides is 1. The molecule has 0 aliphatic rings. The molecule has 1 amide bonds. The first-order valence-corrected chi connectivity index (χ1v) is 7.75. The minimum Gasteiger partial charge on any atom is -0.387 e. The Hall–Kier alpha value is -1.59. The van der Waals surface area contributed by atoms with Crippen molar-refractivity contribution < 1.29 is 9.90 Å². The number of hydrogen-bond donors (Lipinski definition) is 2. The van der Waals surface area contributed by atoms with Crippen molar-refractivity contribution in [3.63, 3.8) is 0 Å². The zero-order chi connectivity index (χ0) is 14.6. The Bertz CT molecular complexity index is 614. The van der Waals surface area contributed by atoms with Crippen molar-refractivity contribution in [1.82, 2.24) is 10.3 Å². The third-order valence-corrected chi connectivity index (χ3v) is 3.86. The highest BCUT2D eigenvalue weighted by atomic mass is 32.2. The summed E-state index contributed by atoms with van der Waals surface area (Å²) in [5.41, 5.74) is 0.539. The first kappa shape index (κ1) is 14.8. The van der Waals surface area contributed by atoms with Crippen LogP contribution in [0.15, 0.2) is 36.5 Å². The molecule has 2 N–H and O–H groups in total. The summed E-state index contributed by atoms with van der Waals surface area (Å²) in [6.45, 7) is 1.95. The number of aromatic nitrogens is 1. The SMILES string of the molecule is CSCC(C)(O)CNC(=O)c1ccc2ncccc2c1. The van der Waals surface area contributed by atoms with Crippen LogP contribution in [0.4, 0.5) is 0 Å². The van der Waals surface area contributed by atoms with E-state index in [0.29, 0.717) is 11.3 Å². The fourth-order valence-corrected chi connectivity index (χ4v) is 2.68. The molecule has 1 heterocycles. The molecule has 20 heavy (non-hydrogen) atoms. The van der Waals surface area contributed by atoms with Crippen LogP contribution in [0.2, 0.25) is 0 Å². The number of carbonyl (C=O) groups excluding carboxylic acids is 1. The molecule has 5 heteroatoms. The first-order chi connectivity index (χ1) is 9.52. The largest absolute Gasteiger partial charge is 0.387 e. The van der Waals surface area contributed by atoms with Crippen LogP contribution in [0.1, 0.15) is 17.3 Å². The Morgan fingerprint density at radius 1 is 1.45 bits per heavy atom. The lowest BCUT2D eigenvalue weighted by Crippen LogP contribution is -2.42. The first-order valence-electron chi connectivity index (χ1n) is 6.36. The number of fused-ring (bicyclic) bond motifs is 1. The monoisotopic (exact) mass is 290 g/mol. The molecular formula is C15H18N2O2S. The summed E-state index contributed by atoms with van der Waals surface area (Å²) >= 11 is 1.55. The van der Waals surface area contributed by atoms with E-state index in [1.807, 2.05) is 24.5 Å². The van der Waals surface area contributed by atoms with Gasteiger partial charge in [0.2, 0.25) is 0 Å². The van der Waals surface area contributed by atoms with Gasteiger partial charge in [0.1, 0.15) is 0 Å². The van der Waals surface area contributed by atoms with Gasteiger partial charge >= 0.3 is 0 Å². The van der Waals surface area contributed by atoms with Crippen molar-refractivity contribution in [2.75, 3.05) is 18.6 Å². The Kier molecular flexibility index (Phi) is 4.62. The van der Waals surface area contributed by atoms with Crippen molar-refractivity contribution in [3.8, 4) is 0 Å². The number of hydrogen-bond acceptors (Lipinski definition) is 4. The maximum absolute atomic E-state index is 12.1. The van der Waals surface area contributed by atoms with Gasteiger partial charge in [0.05, 0.1) is 11.1 Å². The molecule has 0 saturated heterocycles. The Balaban J connectivity index is 2.08. The highest BCUT2D eigenvalue weighted by molar-refractivity contribution is 7.98. The molecule has 1 aromatic heterocycles. The maximum atomic E-state index is 12.1. The van der Waals surface area contributed by atoms with Crippen LogP contribution in [0, 0.1) is 0 Å². The van der Waals surface area contributed by atoms with E-state index in [1.54, 1.807) is 37.0 Å². The zero-order valence-electron chi connectivity index (χ0n) is 11.6. The minimum atomic E-state index is -0.895. The van der Waals surface area contributed by atoms with E-state index in [9.17, 15) is 9.90 Å². The molecule has 0 spiro atoms. The van der Waals surface area contributed by atoms with Crippen LogP contribution in [-0.2, 0) is 0 Å². The van der Waals surface area contributed by atoms with E-state index in [2.05, 4.69) is 10.3 Å². The number of nitrogens with zero attached hydrogens (tertiary/aromatic N) is 1. The smallest absolute Gasteiger partial charge is 0.251 e. The number of nitrogens with one attached hydrogen (secondary N) is 1. The maximum Gasteiger partial charge on any atom is 0.251 e. The molecule has 2 aromatic rings. The molecular weight excluding hydrogens is 272 g/mol. The third kappa shape index (κ3) is 3.71. The van der Waals surface area contributed by atoms with Gasteiger partial charge in [0.25, 0.3) is 5.91 Å². The average molecular weight is 290 g/mol. The Labute approximate surface area is 122 Å². The molecule has 1 atom stereocenters. The van der Waals surface area contributed by atoms with Crippen LogP contribution < -0.4 is 5.32 Å². The van der Waals surface area contributed by atoms with Crippen molar-refractivity contribution in [1.29, 1.82) is 0 Å². The minimum absolute atomic E-state index is 0.183. The van der Waals surface area contributed by atoms with E-state index in [-0.39, 0.29) is 12.5 Å². The van der Waals surface area contributed by atoms with E-state index in [4.69, 9.17) is 0 Å². The second-order valence-corrected chi connectivity index (χ2v) is 5.89. The number of thioether (sulfide) groups is 1. The van der Waals surface area contributed by atoms with Crippen LogP contribution >= 0.6 is 11.8 Å². The van der Waals surface area contributed by atoms with Crippen molar-refractivity contribution >= 4 is 28.6 Å². The van der Waals surface area contributed by atoms with Gasteiger partial charge in [0, 0.05) is 29.4 Å². The summed E-state index contributed by atoms with van der Waals surface area (Å²) in [7, 11) is 0. The van der Waals surface area contributed by atoms with Gasteiger partial charge in [-0.2, -0.15) is 11.8 Å². The van der Waals surface area contributed by atoms with Crippen LogP contribution in [0.3, 0.4) is 0 Å². The number of benzene rings is 1. The normalized spacial score (nSPS) is 13.9. The van der Waals surface area contributed by atoms with Gasteiger partial charge in [-0.1, -0.05) is 6.07 Å². The highest BCUT2D eigenvalue weighted by Gasteiger charge is 2.20. The predicted octanol–water partition coefficient (Wildman–Crippen LogP) is 2.08. The van der Waals surface area contributed by atoms with E-state index in [0.717, 1.165) is 10.9 Å². The number of pyridine rings is 1. The molecule has 0 aliphatic heterocycles. The molecule has 1 aromatic carbocycles. The molecule has 0 saturated carbocycles. The quantitative estimate of drug-likeness (QED) is 0.885. The Morgan fingerprint density at radius 2 is 2.25 bits per heavy atom. The van der Waals surface area contributed by atoms with E-state index in [1.165, 1.54) is 0 Å². The van der Waals surface area contributed by atoms with E-state index >= 15 is 0 Å². The summed E-state index contributed by atoms with van der Waals surface area (Å²) in [6, 6.07) is 9.13. The summed E-state index contributed by atoms with van der Waals surface area (Å²) < 4.78 is 0.